The second-order valence-electron chi connectivity index (χ2n) is 6.74. The van der Waals surface area contributed by atoms with E-state index in [2.05, 4.69) is 36.2 Å². The van der Waals surface area contributed by atoms with Crippen LogP contribution in [0.5, 0.6) is 0 Å². The van der Waals surface area contributed by atoms with Crippen LogP contribution in [0, 0.1) is 0 Å². The van der Waals surface area contributed by atoms with Gasteiger partial charge in [0.1, 0.15) is 5.69 Å². The summed E-state index contributed by atoms with van der Waals surface area (Å²) >= 11 is 0. The van der Waals surface area contributed by atoms with Crippen molar-refractivity contribution < 1.29 is 9.53 Å². The molecule has 1 fully saturated rings. The number of amides is 1. The third-order valence-corrected chi connectivity index (χ3v) is 3.84. The van der Waals surface area contributed by atoms with Gasteiger partial charge in [-0.15, -0.1) is 0 Å². The Balaban J connectivity index is 1.74. The number of hydrogen-bond donors (Lipinski definition) is 1. The van der Waals surface area contributed by atoms with Crippen molar-refractivity contribution in [3.05, 3.63) is 29.7 Å². The fourth-order valence-corrected chi connectivity index (χ4v) is 2.47. The summed E-state index contributed by atoms with van der Waals surface area (Å²) in [5.41, 5.74) is 2.05. The molecule has 22 heavy (non-hydrogen) atoms. The summed E-state index contributed by atoms with van der Waals surface area (Å²) in [4.78, 5) is 16.7. The molecule has 118 valence electrons. The Labute approximate surface area is 129 Å². The van der Waals surface area contributed by atoms with Crippen LogP contribution in [0.3, 0.4) is 0 Å². The molecule has 0 aliphatic carbocycles. The first kappa shape index (κ1) is 15.0. The van der Waals surface area contributed by atoms with E-state index in [1.54, 1.807) is 10.6 Å². The Morgan fingerprint density at radius 1 is 1.45 bits per heavy atom. The molecule has 1 unspecified atom stereocenters. The minimum Gasteiger partial charge on any atom is -0.376 e. The van der Waals surface area contributed by atoms with Crippen molar-refractivity contribution >= 4 is 11.6 Å². The first-order chi connectivity index (χ1) is 10.4. The molecule has 0 spiro atoms. The predicted molar refractivity (Wildman–Crippen MR) is 83.0 cm³/mol. The number of hydrogen-bond acceptors (Lipinski definition) is 4. The molecule has 0 radical (unpaired) electrons. The van der Waals surface area contributed by atoms with E-state index < -0.39 is 0 Å². The smallest absolute Gasteiger partial charge is 0.271 e. The minimum absolute atomic E-state index is 0.0457. The van der Waals surface area contributed by atoms with Crippen LogP contribution in [-0.4, -0.2) is 39.8 Å². The maximum absolute atomic E-state index is 12.2. The number of fused-ring (bicyclic) bond motifs is 1. The second kappa shape index (κ2) is 5.68. The van der Waals surface area contributed by atoms with Gasteiger partial charge in [-0.05, 0) is 25.0 Å². The molecule has 1 amide bonds. The Bertz CT molecular complexity index is 681. The Morgan fingerprint density at radius 3 is 2.95 bits per heavy atom. The van der Waals surface area contributed by atoms with Crippen LogP contribution in [0.25, 0.3) is 5.65 Å². The second-order valence-corrected chi connectivity index (χ2v) is 6.74. The number of nitrogens with one attached hydrogen (secondary N) is 1. The van der Waals surface area contributed by atoms with Gasteiger partial charge < -0.3 is 10.1 Å². The lowest BCUT2D eigenvalue weighted by Crippen LogP contribution is -2.32. The van der Waals surface area contributed by atoms with E-state index >= 15 is 0 Å². The number of aromatic nitrogens is 3. The van der Waals surface area contributed by atoms with Gasteiger partial charge in [0.2, 0.25) is 0 Å². The van der Waals surface area contributed by atoms with Crippen LogP contribution in [0.4, 0.5) is 0 Å². The molecule has 0 saturated carbocycles. The third kappa shape index (κ3) is 3.11. The van der Waals surface area contributed by atoms with Crippen molar-refractivity contribution in [2.24, 2.45) is 0 Å². The minimum atomic E-state index is -0.177. The van der Waals surface area contributed by atoms with E-state index in [1.807, 2.05) is 12.3 Å². The molecular weight excluding hydrogens is 280 g/mol. The average molecular weight is 302 g/mol. The summed E-state index contributed by atoms with van der Waals surface area (Å²) in [6, 6.07) is 3.53. The van der Waals surface area contributed by atoms with E-state index in [0.717, 1.165) is 30.8 Å². The van der Waals surface area contributed by atoms with Crippen molar-refractivity contribution in [1.29, 1.82) is 0 Å². The molecule has 0 bridgehead atoms. The van der Waals surface area contributed by atoms with E-state index in [4.69, 9.17) is 4.74 Å². The van der Waals surface area contributed by atoms with Crippen LogP contribution < -0.4 is 5.32 Å². The zero-order chi connectivity index (χ0) is 15.7. The van der Waals surface area contributed by atoms with Crippen molar-refractivity contribution in [2.45, 2.75) is 45.1 Å². The maximum atomic E-state index is 12.2. The van der Waals surface area contributed by atoms with Gasteiger partial charge in [0.25, 0.3) is 5.91 Å². The summed E-state index contributed by atoms with van der Waals surface area (Å²) in [6.07, 6.45) is 4.08. The van der Waals surface area contributed by atoms with Crippen LogP contribution in [0.2, 0.25) is 0 Å². The zero-order valence-electron chi connectivity index (χ0n) is 13.3. The highest BCUT2D eigenvalue weighted by atomic mass is 16.5. The van der Waals surface area contributed by atoms with E-state index in [0.29, 0.717) is 12.2 Å². The molecule has 0 aromatic carbocycles. The first-order valence-corrected chi connectivity index (χ1v) is 7.70. The quantitative estimate of drug-likeness (QED) is 0.940. The van der Waals surface area contributed by atoms with Crippen molar-refractivity contribution in [1.82, 2.24) is 19.9 Å². The molecule has 3 heterocycles. The number of carbonyl (C=O) groups is 1. The Hall–Kier alpha value is -1.95. The lowest BCUT2D eigenvalue weighted by atomic mass is 9.93. The number of ether oxygens (including phenoxy) is 1. The summed E-state index contributed by atoms with van der Waals surface area (Å²) in [7, 11) is 0. The lowest BCUT2D eigenvalue weighted by Gasteiger charge is -2.13. The molecule has 2 aromatic rings. The zero-order valence-corrected chi connectivity index (χ0v) is 13.3. The van der Waals surface area contributed by atoms with Gasteiger partial charge >= 0.3 is 0 Å². The average Bonchev–Trinajstić information content (AvgIpc) is 3.12. The van der Waals surface area contributed by atoms with Crippen molar-refractivity contribution in [3.63, 3.8) is 0 Å². The summed E-state index contributed by atoms with van der Waals surface area (Å²) < 4.78 is 7.17. The summed E-state index contributed by atoms with van der Waals surface area (Å²) in [5, 5.41) is 7.24. The normalized spacial score (nSPS) is 18.8. The fraction of sp³-hybridized carbons (Fsp3) is 0.562. The predicted octanol–water partition coefficient (Wildman–Crippen LogP) is 1.94. The van der Waals surface area contributed by atoms with Gasteiger partial charge in [-0.1, -0.05) is 20.8 Å². The van der Waals surface area contributed by atoms with E-state index in [1.165, 1.54) is 0 Å². The van der Waals surface area contributed by atoms with Gasteiger partial charge in [0, 0.05) is 18.6 Å². The molecule has 3 rings (SSSR count). The van der Waals surface area contributed by atoms with Crippen LogP contribution in [0.1, 0.15) is 49.8 Å². The third-order valence-electron chi connectivity index (χ3n) is 3.84. The van der Waals surface area contributed by atoms with Gasteiger partial charge in [-0.3, -0.25) is 4.79 Å². The molecule has 1 saturated heterocycles. The highest BCUT2D eigenvalue weighted by Gasteiger charge is 2.20. The summed E-state index contributed by atoms with van der Waals surface area (Å²) in [5.74, 6) is -0.177. The molecular formula is C16H22N4O2. The van der Waals surface area contributed by atoms with Crippen LogP contribution in [0.15, 0.2) is 18.3 Å². The first-order valence-electron chi connectivity index (χ1n) is 7.70. The molecule has 1 aliphatic heterocycles. The highest BCUT2D eigenvalue weighted by molar-refractivity contribution is 5.92. The fourth-order valence-electron chi connectivity index (χ4n) is 2.47. The van der Waals surface area contributed by atoms with Crippen LogP contribution in [-0.2, 0) is 10.2 Å². The van der Waals surface area contributed by atoms with Gasteiger partial charge in [0.15, 0.2) is 5.65 Å². The van der Waals surface area contributed by atoms with Crippen LogP contribution >= 0.6 is 0 Å². The van der Waals surface area contributed by atoms with E-state index in [9.17, 15) is 4.79 Å². The number of nitrogens with zero attached hydrogens (tertiary/aromatic N) is 3. The molecule has 6 nitrogen and oxygen atoms in total. The van der Waals surface area contributed by atoms with Crippen molar-refractivity contribution in [2.75, 3.05) is 13.2 Å². The molecule has 6 heteroatoms. The number of carbonyl (C=O) groups excluding carboxylic acids is 1. The standard InChI is InChI=1S/C16H22N4O2/c1-16(2,3)13-10-20-14(18-13)7-6-12(19-20)15(21)17-9-11-5-4-8-22-11/h6-7,10-11H,4-5,8-9H2,1-3H3,(H,17,21). The van der Waals surface area contributed by atoms with Gasteiger partial charge in [0.05, 0.1) is 18.0 Å². The highest BCUT2D eigenvalue weighted by Crippen LogP contribution is 2.21. The summed E-state index contributed by atoms with van der Waals surface area (Å²) in [6.45, 7) is 7.63. The van der Waals surface area contributed by atoms with E-state index in [-0.39, 0.29) is 17.4 Å². The molecule has 1 atom stereocenters. The van der Waals surface area contributed by atoms with Crippen molar-refractivity contribution in [3.8, 4) is 0 Å². The maximum Gasteiger partial charge on any atom is 0.271 e. The number of imidazole rings is 1. The SMILES string of the molecule is CC(C)(C)c1cn2nc(C(=O)NCC3CCCO3)ccc2n1. The Morgan fingerprint density at radius 2 is 2.27 bits per heavy atom. The largest absolute Gasteiger partial charge is 0.376 e. The molecule has 1 N–H and O–H groups in total. The van der Waals surface area contributed by atoms with Gasteiger partial charge in [-0.25, -0.2) is 9.50 Å². The van der Waals surface area contributed by atoms with Gasteiger partial charge in [-0.2, -0.15) is 5.10 Å². The lowest BCUT2D eigenvalue weighted by molar-refractivity contribution is 0.0852. The Kier molecular flexibility index (Phi) is 3.87. The molecule has 2 aromatic heterocycles. The monoisotopic (exact) mass is 302 g/mol. The number of rotatable bonds is 3. The topological polar surface area (TPSA) is 68.5 Å². The molecule has 1 aliphatic rings.